The van der Waals surface area contributed by atoms with Gasteiger partial charge >= 0.3 is 0 Å². The summed E-state index contributed by atoms with van der Waals surface area (Å²) in [4.78, 5) is 12.7. The maximum atomic E-state index is 13.0. The van der Waals surface area contributed by atoms with Gasteiger partial charge in [0.25, 0.3) is 5.91 Å². The number of nitrogens with one attached hydrogen (secondary N) is 1. The lowest BCUT2D eigenvalue weighted by Crippen LogP contribution is -2.32. The molecule has 2 aromatic rings. The number of carbonyl (C=O) groups excluding carboxylic acids is 1. The van der Waals surface area contributed by atoms with Crippen molar-refractivity contribution in [2.24, 2.45) is 0 Å². The molecule has 2 aromatic carbocycles. The Morgan fingerprint density at radius 3 is 2.29 bits per heavy atom. The molecule has 0 radical (unpaired) electrons. The topological polar surface area (TPSA) is 75.7 Å². The molecule has 0 aliphatic carbocycles. The number of ether oxygens (including phenoxy) is 1. The largest absolute Gasteiger partial charge is 0.497 e. The van der Waals surface area contributed by atoms with Crippen LogP contribution in [0.25, 0.3) is 0 Å². The number of methoxy groups -OCH3 is 1. The van der Waals surface area contributed by atoms with Crippen molar-refractivity contribution < 1.29 is 17.9 Å². The first-order valence-corrected chi connectivity index (χ1v) is 11.0. The van der Waals surface area contributed by atoms with Gasteiger partial charge in [0.15, 0.2) is 0 Å². The van der Waals surface area contributed by atoms with Crippen molar-refractivity contribution in [3.05, 3.63) is 53.1 Å². The zero-order valence-corrected chi connectivity index (χ0v) is 17.2. The fourth-order valence-corrected chi connectivity index (χ4v) is 4.89. The summed E-state index contributed by atoms with van der Waals surface area (Å²) in [7, 11) is -2.10. The van der Waals surface area contributed by atoms with E-state index in [0.717, 1.165) is 25.7 Å². The van der Waals surface area contributed by atoms with Gasteiger partial charge in [0.1, 0.15) is 5.75 Å². The molecule has 0 spiro atoms. The summed E-state index contributed by atoms with van der Waals surface area (Å²) in [6, 6.07) is 11.1. The van der Waals surface area contributed by atoms with Gasteiger partial charge in [0.05, 0.1) is 22.6 Å². The lowest BCUT2D eigenvalue weighted by molar-refractivity contribution is 0.102. The highest BCUT2D eigenvalue weighted by molar-refractivity contribution is 7.89. The van der Waals surface area contributed by atoms with Crippen LogP contribution < -0.4 is 10.1 Å². The summed E-state index contributed by atoms with van der Waals surface area (Å²) in [6.07, 6.45) is 3.75. The zero-order valence-electron chi connectivity index (χ0n) is 15.7. The van der Waals surface area contributed by atoms with Gasteiger partial charge in [0.2, 0.25) is 10.0 Å². The van der Waals surface area contributed by atoms with E-state index in [9.17, 15) is 13.2 Å². The van der Waals surface area contributed by atoms with Gasteiger partial charge in [-0.2, -0.15) is 4.31 Å². The van der Waals surface area contributed by atoms with Crippen molar-refractivity contribution in [2.45, 2.75) is 30.6 Å². The Bertz CT molecular complexity index is 937. The normalized spacial score (nSPS) is 15.6. The van der Waals surface area contributed by atoms with Crippen LogP contribution in [-0.4, -0.2) is 38.8 Å². The molecule has 0 saturated carbocycles. The van der Waals surface area contributed by atoms with E-state index in [1.807, 2.05) is 0 Å². The first-order chi connectivity index (χ1) is 13.4. The van der Waals surface area contributed by atoms with Crippen molar-refractivity contribution >= 4 is 33.2 Å². The second-order valence-corrected chi connectivity index (χ2v) is 8.99. The molecule has 28 heavy (non-hydrogen) atoms. The highest BCUT2D eigenvalue weighted by atomic mass is 35.5. The van der Waals surface area contributed by atoms with E-state index in [4.69, 9.17) is 16.3 Å². The quantitative estimate of drug-likeness (QED) is 0.784. The molecule has 0 bridgehead atoms. The van der Waals surface area contributed by atoms with Gasteiger partial charge in [-0.15, -0.1) is 0 Å². The third-order valence-corrected chi connectivity index (χ3v) is 6.96. The van der Waals surface area contributed by atoms with Gasteiger partial charge in [-0.3, -0.25) is 4.79 Å². The Hall–Kier alpha value is -2.09. The Morgan fingerprint density at radius 2 is 1.68 bits per heavy atom. The number of carbonyl (C=O) groups is 1. The summed E-state index contributed by atoms with van der Waals surface area (Å²) in [5.41, 5.74) is 0.677. The van der Waals surface area contributed by atoms with Crippen molar-refractivity contribution in [3.8, 4) is 5.75 Å². The SMILES string of the molecule is COc1ccc(NC(=O)c2cc(S(=O)(=O)N3CCCCCC3)ccc2Cl)cc1. The van der Waals surface area contributed by atoms with E-state index in [-0.39, 0.29) is 15.5 Å². The predicted octanol–water partition coefficient (Wildman–Crippen LogP) is 4.17. The van der Waals surface area contributed by atoms with Crippen LogP contribution in [0.1, 0.15) is 36.0 Å². The molecule has 1 aliphatic heterocycles. The van der Waals surface area contributed by atoms with E-state index >= 15 is 0 Å². The molecule has 1 saturated heterocycles. The summed E-state index contributed by atoms with van der Waals surface area (Å²) in [6.45, 7) is 0.997. The number of rotatable bonds is 5. The molecule has 150 valence electrons. The average Bonchev–Trinajstić information content (AvgIpc) is 2.99. The highest BCUT2D eigenvalue weighted by Gasteiger charge is 2.26. The summed E-state index contributed by atoms with van der Waals surface area (Å²) in [5.74, 6) is 0.199. The van der Waals surface area contributed by atoms with Crippen LogP contribution in [-0.2, 0) is 10.0 Å². The van der Waals surface area contributed by atoms with Crippen LogP contribution in [0, 0.1) is 0 Å². The fourth-order valence-electron chi connectivity index (χ4n) is 3.14. The molecule has 3 rings (SSSR count). The molecular formula is C20H23ClN2O4S. The maximum Gasteiger partial charge on any atom is 0.257 e. The van der Waals surface area contributed by atoms with E-state index in [1.54, 1.807) is 31.4 Å². The standard InChI is InChI=1S/C20H23ClN2O4S/c1-27-16-8-6-15(7-9-16)22-20(24)18-14-17(10-11-19(18)21)28(25,26)23-12-4-2-3-5-13-23/h6-11,14H,2-5,12-13H2,1H3,(H,22,24). The molecule has 1 fully saturated rings. The number of anilines is 1. The van der Waals surface area contributed by atoms with Crippen LogP contribution in [0.4, 0.5) is 5.69 Å². The lowest BCUT2D eigenvalue weighted by atomic mass is 10.2. The molecule has 8 heteroatoms. The molecule has 1 aliphatic rings. The minimum atomic E-state index is -3.66. The summed E-state index contributed by atoms with van der Waals surface area (Å²) >= 11 is 6.18. The zero-order chi connectivity index (χ0) is 20.1. The van der Waals surface area contributed by atoms with E-state index in [0.29, 0.717) is 24.5 Å². The third-order valence-electron chi connectivity index (χ3n) is 4.73. The van der Waals surface area contributed by atoms with Crippen molar-refractivity contribution in [1.82, 2.24) is 4.31 Å². The minimum Gasteiger partial charge on any atom is -0.497 e. The van der Waals surface area contributed by atoms with Crippen LogP contribution in [0.5, 0.6) is 5.75 Å². The van der Waals surface area contributed by atoms with Crippen molar-refractivity contribution in [2.75, 3.05) is 25.5 Å². The second kappa shape index (κ2) is 8.94. The number of benzene rings is 2. The molecule has 1 heterocycles. The first kappa shape index (κ1) is 20.6. The van der Waals surface area contributed by atoms with Gasteiger partial charge < -0.3 is 10.1 Å². The highest BCUT2D eigenvalue weighted by Crippen LogP contribution is 2.26. The molecule has 6 nitrogen and oxygen atoms in total. The summed E-state index contributed by atoms with van der Waals surface area (Å²) < 4.78 is 32.6. The maximum absolute atomic E-state index is 13.0. The van der Waals surface area contributed by atoms with E-state index < -0.39 is 15.9 Å². The molecular weight excluding hydrogens is 400 g/mol. The molecule has 0 atom stereocenters. The van der Waals surface area contributed by atoms with E-state index in [2.05, 4.69) is 5.32 Å². The van der Waals surface area contributed by atoms with Crippen LogP contribution in [0.15, 0.2) is 47.4 Å². The number of halogens is 1. The molecule has 1 N–H and O–H groups in total. The number of sulfonamides is 1. The van der Waals surface area contributed by atoms with Gasteiger partial charge in [-0.05, 0) is 55.3 Å². The summed E-state index contributed by atoms with van der Waals surface area (Å²) in [5, 5.41) is 2.93. The fraction of sp³-hybridized carbons (Fsp3) is 0.350. The minimum absolute atomic E-state index is 0.0821. The molecule has 1 amide bonds. The first-order valence-electron chi connectivity index (χ1n) is 9.17. The Morgan fingerprint density at radius 1 is 1.04 bits per heavy atom. The number of nitrogens with zero attached hydrogens (tertiary/aromatic N) is 1. The second-order valence-electron chi connectivity index (χ2n) is 6.64. The number of amides is 1. The molecule has 0 unspecified atom stereocenters. The predicted molar refractivity (Wildman–Crippen MR) is 110 cm³/mol. The van der Waals surface area contributed by atoms with Crippen molar-refractivity contribution in [1.29, 1.82) is 0 Å². The van der Waals surface area contributed by atoms with Crippen LogP contribution in [0.2, 0.25) is 5.02 Å². The van der Waals surface area contributed by atoms with Crippen LogP contribution in [0.3, 0.4) is 0 Å². The molecule has 0 aromatic heterocycles. The average molecular weight is 423 g/mol. The number of hydrogen-bond acceptors (Lipinski definition) is 4. The van der Waals surface area contributed by atoms with Gasteiger partial charge in [-0.25, -0.2) is 8.42 Å². The third kappa shape index (κ3) is 4.66. The smallest absolute Gasteiger partial charge is 0.257 e. The Kier molecular flexibility index (Phi) is 6.59. The van der Waals surface area contributed by atoms with Crippen LogP contribution >= 0.6 is 11.6 Å². The Labute approximate surface area is 170 Å². The lowest BCUT2D eigenvalue weighted by Gasteiger charge is -2.20. The van der Waals surface area contributed by atoms with Gasteiger partial charge in [-0.1, -0.05) is 24.4 Å². The van der Waals surface area contributed by atoms with E-state index in [1.165, 1.54) is 22.5 Å². The Balaban J connectivity index is 1.84. The van der Waals surface area contributed by atoms with Gasteiger partial charge in [0, 0.05) is 18.8 Å². The monoisotopic (exact) mass is 422 g/mol. The number of hydrogen-bond donors (Lipinski definition) is 1. The van der Waals surface area contributed by atoms with Crippen molar-refractivity contribution in [3.63, 3.8) is 0 Å².